The van der Waals surface area contributed by atoms with Gasteiger partial charge < -0.3 is 15.2 Å². The van der Waals surface area contributed by atoms with Crippen molar-refractivity contribution in [1.82, 2.24) is 4.98 Å². The second kappa shape index (κ2) is 6.47. The summed E-state index contributed by atoms with van der Waals surface area (Å²) in [5, 5.41) is 18.8. The third-order valence-corrected chi connectivity index (χ3v) is 3.08. The molecule has 0 unspecified atom stereocenters. The Morgan fingerprint density at radius 2 is 1.77 bits per heavy atom. The molecule has 6 nitrogen and oxygen atoms in total. The maximum atomic E-state index is 9.45. The minimum atomic E-state index is 0.0377. The summed E-state index contributed by atoms with van der Waals surface area (Å²) in [6, 6.07) is 11.1. The molecule has 6 heteroatoms. The van der Waals surface area contributed by atoms with Gasteiger partial charge in [0.05, 0.1) is 13.7 Å². The molecular weight excluding hydrogens is 280 g/mol. The summed E-state index contributed by atoms with van der Waals surface area (Å²) in [4.78, 5) is 4.01. The number of rotatable bonds is 4. The van der Waals surface area contributed by atoms with Gasteiger partial charge in [0.15, 0.2) is 0 Å². The summed E-state index contributed by atoms with van der Waals surface area (Å²) in [6.07, 6.45) is 0. The van der Waals surface area contributed by atoms with Gasteiger partial charge in [0.2, 0.25) is 5.88 Å². The standard InChI is InChI=1S/C16H14N4O2/c1-3-22-16-13(9-18)14(12(8-17)15(19)20-16)10-4-6-11(21-2)7-5-10/h4-7H,3H2,1-2H3,(H2,19,20). The average Bonchev–Trinajstić information content (AvgIpc) is 2.54. The SMILES string of the molecule is CCOc1nc(N)c(C#N)c(-c2ccc(OC)cc2)c1C#N. The van der Waals surface area contributed by atoms with Gasteiger partial charge in [0.25, 0.3) is 0 Å². The first-order chi connectivity index (χ1) is 10.7. The molecule has 1 aromatic heterocycles. The largest absolute Gasteiger partial charge is 0.497 e. The summed E-state index contributed by atoms with van der Waals surface area (Å²) >= 11 is 0. The van der Waals surface area contributed by atoms with Crippen LogP contribution in [-0.4, -0.2) is 18.7 Å². The molecule has 2 rings (SSSR count). The Kier molecular flexibility index (Phi) is 4.45. The van der Waals surface area contributed by atoms with Crippen molar-refractivity contribution in [2.24, 2.45) is 0 Å². The van der Waals surface area contributed by atoms with E-state index in [1.54, 1.807) is 38.3 Å². The van der Waals surface area contributed by atoms with Crippen LogP contribution in [0.15, 0.2) is 24.3 Å². The minimum absolute atomic E-state index is 0.0377. The molecule has 2 N–H and O–H groups in total. The zero-order valence-corrected chi connectivity index (χ0v) is 12.3. The third-order valence-electron chi connectivity index (χ3n) is 3.08. The van der Waals surface area contributed by atoms with Crippen molar-refractivity contribution in [1.29, 1.82) is 10.5 Å². The Morgan fingerprint density at radius 1 is 1.14 bits per heavy atom. The van der Waals surface area contributed by atoms with Crippen molar-refractivity contribution in [2.45, 2.75) is 6.92 Å². The minimum Gasteiger partial charge on any atom is -0.497 e. The average molecular weight is 294 g/mol. The smallest absolute Gasteiger partial charge is 0.234 e. The van der Waals surface area contributed by atoms with Crippen LogP contribution in [0.2, 0.25) is 0 Å². The van der Waals surface area contributed by atoms with Gasteiger partial charge in [0.1, 0.15) is 34.8 Å². The molecule has 0 atom stereocenters. The van der Waals surface area contributed by atoms with Crippen molar-refractivity contribution in [3.8, 4) is 34.9 Å². The van der Waals surface area contributed by atoms with E-state index in [9.17, 15) is 10.5 Å². The number of hydrogen-bond acceptors (Lipinski definition) is 6. The molecular formula is C16H14N4O2. The Labute approximate surface area is 128 Å². The van der Waals surface area contributed by atoms with E-state index in [0.29, 0.717) is 23.5 Å². The summed E-state index contributed by atoms with van der Waals surface area (Å²) in [6.45, 7) is 2.12. The molecule has 0 saturated heterocycles. The number of nitriles is 2. The van der Waals surface area contributed by atoms with Gasteiger partial charge in [0, 0.05) is 5.56 Å². The number of pyridine rings is 1. The van der Waals surface area contributed by atoms with E-state index in [0.717, 1.165) is 0 Å². The number of nitrogens with two attached hydrogens (primary N) is 1. The second-order valence-electron chi connectivity index (χ2n) is 4.31. The molecule has 0 fully saturated rings. The monoisotopic (exact) mass is 294 g/mol. The fraction of sp³-hybridized carbons (Fsp3) is 0.188. The molecule has 1 aromatic carbocycles. The fourth-order valence-electron chi connectivity index (χ4n) is 2.09. The van der Waals surface area contributed by atoms with Gasteiger partial charge in [-0.05, 0) is 24.6 Å². The van der Waals surface area contributed by atoms with Crippen molar-refractivity contribution < 1.29 is 9.47 Å². The second-order valence-corrected chi connectivity index (χ2v) is 4.31. The van der Waals surface area contributed by atoms with E-state index in [-0.39, 0.29) is 22.8 Å². The fourth-order valence-corrected chi connectivity index (χ4v) is 2.09. The van der Waals surface area contributed by atoms with Crippen LogP contribution in [0.3, 0.4) is 0 Å². The van der Waals surface area contributed by atoms with E-state index in [1.807, 2.05) is 6.07 Å². The molecule has 22 heavy (non-hydrogen) atoms. The van der Waals surface area contributed by atoms with Crippen molar-refractivity contribution in [2.75, 3.05) is 19.5 Å². The highest BCUT2D eigenvalue weighted by Gasteiger charge is 2.20. The van der Waals surface area contributed by atoms with Crippen molar-refractivity contribution in [3.05, 3.63) is 35.4 Å². The maximum absolute atomic E-state index is 9.45. The van der Waals surface area contributed by atoms with Crippen LogP contribution >= 0.6 is 0 Å². The van der Waals surface area contributed by atoms with Crippen LogP contribution in [0.25, 0.3) is 11.1 Å². The Balaban J connectivity index is 2.76. The van der Waals surface area contributed by atoms with Gasteiger partial charge in [-0.15, -0.1) is 0 Å². The van der Waals surface area contributed by atoms with Crippen LogP contribution in [0.5, 0.6) is 11.6 Å². The first-order valence-electron chi connectivity index (χ1n) is 6.57. The van der Waals surface area contributed by atoms with Gasteiger partial charge in [-0.1, -0.05) is 12.1 Å². The molecule has 1 heterocycles. The van der Waals surface area contributed by atoms with E-state index < -0.39 is 0 Å². The van der Waals surface area contributed by atoms with Crippen LogP contribution in [0.1, 0.15) is 18.1 Å². The highest BCUT2D eigenvalue weighted by Crippen LogP contribution is 2.35. The van der Waals surface area contributed by atoms with Crippen molar-refractivity contribution in [3.63, 3.8) is 0 Å². The number of nitrogen functional groups attached to an aromatic ring is 1. The number of anilines is 1. The first kappa shape index (κ1) is 15.1. The molecule has 0 aliphatic carbocycles. The molecule has 0 aliphatic heterocycles. The highest BCUT2D eigenvalue weighted by molar-refractivity contribution is 5.82. The number of nitrogens with zero attached hydrogens (tertiary/aromatic N) is 3. The van der Waals surface area contributed by atoms with Gasteiger partial charge in [-0.2, -0.15) is 15.5 Å². The summed E-state index contributed by atoms with van der Waals surface area (Å²) in [5.41, 5.74) is 7.27. The van der Waals surface area contributed by atoms with Crippen LogP contribution in [0.4, 0.5) is 5.82 Å². The van der Waals surface area contributed by atoms with Crippen LogP contribution in [-0.2, 0) is 0 Å². The molecule has 0 saturated carbocycles. The number of hydrogen-bond donors (Lipinski definition) is 1. The lowest BCUT2D eigenvalue weighted by Crippen LogP contribution is -2.06. The molecule has 110 valence electrons. The number of methoxy groups -OCH3 is 1. The van der Waals surface area contributed by atoms with Crippen LogP contribution < -0.4 is 15.2 Å². The van der Waals surface area contributed by atoms with E-state index >= 15 is 0 Å². The quantitative estimate of drug-likeness (QED) is 0.928. The third kappa shape index (κ3) is 2.63. The van der Waals surface area contributed by atoms with E-state index in [2.05, 4.69) is 11.1 Å². The lowest BCUT2D eigenvalue weighted by atomic mass is 9.96. The highest BCUT2D eigenvalue weighted by atomic mass is 16.5. The molecule has 0 aliphatic rings. The summed E-state index contributed by atoms with van der Waals surface area (Å²) in [7, 11) is 1.56. The van der Waals surface area contributed by atoms with Crippen molar-refractivity contribution >= 4 is 5.82 Å². The predicted octanol–water partition coefficient (Wildman–Crippen LogP) is 2.48. The molecule has 0 bridgehead atoms. The Bertz CT molecular complexity index is 771. The summed E-state index contributed by atoms with van der Waals surface area (Å²) < 4.78 is 10.5. The zero-order chi connectivity index (χ0) is 16.1. The van der Waals surface area contributed by atoms with Gasteiger partial charge >= 0.3 is 0 Å². The lowest BCUT2D eigenvalue weighted by Gasteiger charge is -2.13. The Hall–Kier alpha value is -3.25. The van der Waals surface area contributed by atoms with E-state index in [4.69, 9.17) is 15.2 Å². The number of benzene rings is 1. The number of ether oxygens (including phenoxy) is 2. The predicted molar refractivity (Wildman–Crippen MR) is 81.2 cm³/mol. The topological polar surface area (TPSA) is 105 Å². The summed E-state index contributed by atoms with van der Waals surface area (Å²) in [5.74, 6) is 0.843. The van der Waals surface area contributed by atoms with Gasteiger partial charge in [-0.25, -0.2) is 0 Å². The molecule has 0 radical (unpaired) electrons. The Morgan fingerprint density at radius 3 is 2.27 bits per heavy atom. The molecule has 0 spiro atoms. The van der Waals surface area contributed by atoms with E-state index in [1.165, 1.54) is 0 Å². The lowest BCUT2D eigenvalue weighted by molar-refractivity contribution is 0.326. The maximum Gasteiger partial charge on any atom is 0.234 e. The number of aromatic nitrogens is 1. The zero-order valence-electron chi connectivity index (χ0n) is 12.3. The van der Waals surface area contributed by atoms with Crippen LogP contribution in [0, 0.1) is 22.7 Å². The molecule has 2 aromatic rings. The molecule has 0 amide bonds. The normalized spacial score (nSPS) is 9.64. The van der Waals surface area contributed by atoms with Gasteiger partial charge in [-0.3, -0.25) is 0 Å². The first-order valence-corrected chi connectivity index (χ1v) is 6.57.